The highest BCUT2D eigenvalue weighted by molar-refractivity contribution is 6.02. The molecule has 0 atom stereocenters. The van der Waals surface area contributed by atoms with Crippen molar-refractivity contribution in [2.75, 3.05) is 5.32 Å². The lowest BCUT2D eigenvalue weighted by atomic mass is 10.1. The van der Waals surface area contributed by atoms with Gasteiger partial charge in [-0.05, 0) is 5.56 Å². The van der Waals surface area contributed by atoms with Crippen molar-refractivity contribution in [1.82, 2.24) is 15.4 Å². The molecule has 0 saturated carbocycles. The van der Waals surface area contributed by atoms with Gasteiger partial charge in [-0.1, -0.05) is 70.9 Å². The van der Waals surface area contributed by atoms with Crippen LogP contribution in [0.4, 0.5) is 6.01 Å². The number of hydrogen-bond acceptors (Lipinski definition) is 6. The quantitative estimate of drug-likeness (QED) is 0.594. The topological polar surface area (TPSA) is 94.1 Å². The highest BCUT2D eigenvalue weighted by atomic mass is 16.5. The number of anilines is 1. The normalized spacial score (nSPS) is 10.6. The minimum Gasteiger partial charge on any atom is -0.407 e. The number of nitrogens with one attached hydrogen (secondary N) is 1. The fourth-order valence-corrected chi connectivity index (χ4v) is 2.43. The third-order valence-corrected chi connectivity index (χ3v) is 3.69. The predicted molar refractivity (Wildman–Crippen MR) is 93.4 cm³/mol. The molecule has 0 unspecified atom stereocenters. The van der Waals surface area contributed by atoms with Crippen molar-refractivity contribution in [2.24, 2.45) is 0 Å². The lowest BCUT2D eigenvalue weighted by Crippen LogP contribution is -2.12. The van der Waals surface area contributed by atoms with E-state index in [1.165, 1.54) is 0 Å². The van der Waals surface area contributed by atoms with Crippen molar-refractivity contribution in [3.8, 4) is 11.3 Å². The summed E-state index contributed by atoms with van der Waals surface area (Å²) in [6.45, 7) is 0. The van der Waals surface area contributed by atoms with Crippen LogP contribution in [0.15, 0.2) is 75.7 Å². The SMILES string of the molecule is O=C(Nc1nnc(Cc2ccccc2)o1)c1cc(-c2ccccc2)on1. The molecule has 0 bridgehead atoms. The van der Waals surface area contributed by atoms with Crippen LogP contribution < -0.4 is 5.32 Å². The molecule has 1 N–H and O–H groups in total. The molecule has 7 nitrogen and oxygen atoms in total. The van der Waals surface area contributed by atoms with Crippen LogP contribution in [0.3, 0.4) is 0 Å². The van der Waals surface area contributed by atoms with E-state index in [0.717, 1.165) is 11.1 Å². The van der Waals surface area contributed by atoms with Gasteiger partial charge in [0.1, 0.15) is 0 Å². The molecule has 2 heterocycles. The van der Waals surface area contributed by atoms with Crippen LogP contribution in [0.5, 0.6) is 0 Å². The summed E-state index contributed by atoms with van der Waals surface area (Å²) in [4.78, 5) is 12.3. The molecule has 0 aliphatic heterocycles. The molecule has 4 rings (SSSR count). The zero-order valence-electron chi connectivity index (χ0n) is 13.6. The van der Waals surface area contributed by atoms with Gasteiger partial charge in [-0.15, -0.1) is 5.10 Å². The Morgan fingerprint density at radius 2 is 1.69 bits per heavy atom. The Morgan fingerprint density at radius 1 is 0.962 bits per heavy atom. The van der Waals surface area contributed by atoms with Crippen molar-refractivity contribution >= 4 is 11.9 Å². The van der Waals surface area contributed by atoms with Crippen LogP contribution in [0.25, 0.3) is 11.3 Å². The fourth-order valence-electron chi connectivity index (χ4n) is 2.43. The van der Waals surface area contributed by atoms with Crippen LogP contribution in [0, 0.1) is 0 Å². The standard InChI is InChI=1S/C19H14N4O3/c24-18(15-12-16(26-23-15)14-9-5-2-6-10-14)20-19-22-21-17(25-19)11-13-7-3-1-4-8-13/h1-10,12H,11H2,(H,20,22,24). The average molecular weight is 346 g/mol. The zero-order valence-corrected chi connectivity index (χ0v) is 13.6. The second-order valence-corrected chi connectivity index (χ2v) is 5.56. The molecule has 2 aromatic carbocycles. The summed E-state index contributed by atoms with van der Waals surface area (Å²) in [5.41, 5.74) is 2.01. The Bertz CT molecular complexity index is 1010. The zero-order chi connectivity index (χ0) is 17.8. The first-order valence-corrected chi connectivity index (χ1v) is 7.98. The van der Waals surface area contributed by atoms with Gasteiger partial charge in [-0.25, -0.2) is 0 Å². The number of carbonyl (C=O) groups excluding carboxylic acids is 1. The Kier molecular flexibility index (Phi) is 4.26. The van der Waals surface area contributed by atoms with Crippen molar-refractivity contribution in [2.45, 2.75) is 6.42 Å². The molecule has 0 radical (unpaired) electrons. The van der Waals surface area contributed by atoms with Gasteiger partial charge >= 0.3 is 6.01 Å². The van der Waals surface area contributed by atoms with Crippen molar-refractivity contribution < 1.29 is 13.7 Å². The third kappa shape index (κ3) is 3.51. The van der Waals surface area contributed by atoms with E-state index in [4.69, 9.17) is 8.94 Å². The van der Waals surface area contributed by atoms with Crippen LogP contribution in [-0.2, 0) is 6.42 Å². The van der Waals surface area contributed by atoms with Gasteiger partial charge in [0.25, 0.3) is 5.91 Å². The molecule has 2 aromatic heterocycles. The molecule has 0 fully saturated rings. The molecule has 0 aliphatic carbocycles. The maximum absolute atomic E-state index is 12.3. The van der Waals surface area contributed by atoms with Crippen LogP contribution >= 0.6 is 0 Å². The molecular formula is C19H14N4O3. The van der Waals surface area contributed by atoms with Crippen molar-refractivity contribution in [3.63, 3.8) is 0 Å². The lowest BCUT2D eigenvalue weighted by Gasteiger charge is -1.96. The molecule has 0 aliphatic rings. The summed E-state index contributed by atoms with van der Waals surface area (Å²) in [6, 6.07) is 20.7. The minimum absolute atomic E-state index is 0.0187. The number of benzene rings is 2. The second-order valence-electron chi connectivity index (χ2n) is 5.56. The Hall–Kier alpha value is -3.74. The summed E-state index contributed by atoms with van der Waals surface area (Å²) < 4.78 is 10.7. The number of rotatable bonds is 5. The van der Waals surface area contributed by atoms with E-state index in [1.54, 1.807) is 6.07 Å². The van der Waals surface area contributed by atoms with Gasteiger partial charge in [-0.3, -0.25) is 10.1 Å². The molecule has 4 aromatic rings. The van der Waals surface area contributed by atoms with Crippen LogP contribution in [0.1, 0.15) is 21.9 Å². The fraction of sp³-hybridized carbons (Fsp3) is 0.0526. The largest absolute Gasteiger partial charge is 0.407 e. The maximum Gasteiger partial charge on any atom is 0.322 e. The van der Waals surface area contributed by atoms with Gasteiger partial charge in [-0.2, -0.15) is 0 Å². The third-order valence-electron chi connectivity index (χ3n) is 3.69. The first-order chi connectivity index (χ1) is 12.8. The lowest BCUT2D eigenvalue weighted by molar-refractivity contribution is 0.101. The van der Waals surface area contributed by atoms with E-state index < -0.39 is 5.91 Å². The van der Waals surface area contributed by atoms with E-state index in [9.17, 15) is 4.79 Å². The summed E-state index contributed by atoms with van der Waals surface area (Å²) in [6.07, 6.45) is 0.492. The summed E-state index contributed by atoms with van der Waals surface area (Å²) in [7, 11) is 0. The molecule has 1 amide bonds. The van der Waals surface area contributed by atoms with Crippen LogP contribution in [0.2, 0.25) is 0 Å². The van der Waals surface area contributed by atoms with Crippen molar-refractivity contribution in [1.29, 1.82) is 0 Å². The second kappa shape index (κ2) is 7.02. The Balaban J connectivity index is 1.43. The molecule has 0 saturated heterocycles. The molecular weight excluding hydrogens is 332 g/mol. The average Bonchev–Trinajstić information content (AvgIpc) is 3.33. The number of hydrogen-bond donors (Lipinski definition) is 1. The van der Waals surface area contributed by atoms with Gasteiger partial charge in [0.05, 0.1) is 6.42 Å². The summed E-state index contributed by atoms with van der Waals surface area (Å²) in [5, 5.41) is 14.1. The summed E-state index contributed by atoms with van der Waals surface area (Å²) in [5.74, 6) is 0.438. The van der Waals surface area contributed by atoms with E-state index in [-0.39, 0.29) is 11.7 Å². The van der Waals surface area contributed by atoms with Gasteiger partial charge in [0.2, 0.25) is 5.89 Å². The minimum atomic E-state index is -0.481. The maximum atomic E-state index is 12.3. The van der Waals surface area contributed by atoms with E-state index in [1.807, 2.05) is 60.7 Å². The number of carbonyl (C=O) groups is 1. The van der Waals surface area contributed by atoms with E-state index >= 15 is 0 Å². The monoisotopic (exact) mass is 346 g/mol. The van der Waals surface area contributed by atoms with Gasteiger partial charge < -0.3 is 8.94 Å². The first kappa shape index (κ1) is 15.8. The first-order valence-electron chi connectivity index (χ1n) is 7.98. The van der Waals surface area contributed by atoms with Gasteiger partial charge in [0.15, 0.2) is 11.5 Å². The Labute approximate surface area is 148 Å². The number of nitrogens with zero attached hydrogens (tertiary/aromatic N) is 3. The van der Waals surface area contributed by atoms with E-state index in [2.05, 4.69) is 20.7 Å². The molecule has 26 heavy (non-hydrogen) atoms. The van der Waals surface area contributed by atoms with Crippen molar-refractivity contribution in [3.05, 3.63) is 83.9 Å². The smallest absolute Gasteiger partial charge is 0.322 e. The predicted octanol–water partition coefficient (Wildman–Crippen LogP) is 3.57. The molecule has 128 valence electrons. The van der Waals surface area contributed by atoms with E-state index in [0.29, 0.717) is 18.1 Å². The Morgan fingerprint density at radius 3 is 2.46 bits per heavy atom. The molecule has 7 heteroatoms. The number of amides is 1. The summed E-state index contributed by atoms with van der Waals surface area (Å²) >= 11 is 0. The highest BCUT2D eigenvalue weighted by Crippen LogP contribution is 2.20. The van der Waals surface area contributed by atoms with Gasteiger partial charge in [0, 0.05) is 11.6 Å². The number of aromatic nitrogens is 3. The molecule has 0 spiro atoms. The highest BCUT2D eigenvalue weighted by Gasteiger charge is 2.16. The van der Waals surface area contributed by atoms with Crippen LogP contribution in [-0.4, -0.2) is 21.3 Å².